The van der Waals surface area contributed by atoms with Gasteiger partial charge in [0, 0.05) is 11.1 Å². The minimum absolute atomic E-state index is 0.0732. The summed E-state index contributed by atoms with van der Waals surface area (Å²) in [4.78, 5) is 12.6. The third kappa shape index (κ3) is 5.95. The molecule has 2 aromatic rings. The maximum atomic E-state index is 13.0. The van der Waals surface area contributed by atoms with E-state index >= 15 is 0 Å². The zero-order valence-electron chi connectivity index (χ0n) is 16.1. The van der Waals surface area contributed by atoms with Crippen molar-refractivity contribution in [3.05, 3.63) is 59.1 Å². The molecule has 0 saturated carbocycles. The van der Waals surface area contributed by atoms with E-state index < -0.39 is 16.1 Å². The number of halogens is 1. The van der Waals surface area contributed by atoms with Crippen LogP contribution in [0.3, 0.4) is 0 Å². The van der Waals surface area contributed by atoms with E-state index in [0.717, 1.165) is 12.0 Å². The quantitative estimate of drug-likeness (QED) is 0.647. The fourth-order valence-corrected chi connectivity index (χ4v) is 4.22. The molecule has 2 atom stereocenters. The van der Waals surface area contributed by atoms with Crippen molar-refractivity contribution >= 4 is 27.5 Å². The van der Waals surface area contributed by atoms with Gasteiger partial charge in [-0.15, -0.1) is 0 Å². The number of hydrogen-bond acceptors (Lipinski definition) is 4. The van der Waals surface area contributed by atoms with E-state index in [4.69, 9.17) is 16.3 Å². The van der Waals surface area contributed by atoms with Crippen molar-refractivity contribution in [3.8, 4) is 5.75 Å². The topological polar surface area (TPSA) is 84.5 Å². The molecule has 0 fully saturated rings. The second-order valence-electron chi connectivity index (χ2n) is 6.48. The molecule has 2 rings (SSSR count). The largest absolute Gasteiger partial charge is 0.495 e. The summed E-state index contributed by atoms with van der Waals surface area (Å²) in [6.07, 6.45) is 0.948. The maximum Gasteiger partial charge on any atom is 0.245 e. The molecule has 0 saturated heterocycles. The summed E-state index contributed by atoms with van der Waals surface area (Å²) in [5.41, 5.74) is 0.840. The number of rotatable bonds is 9. The van der Waals surface area contributed by atoms with E-state index in [1.54, 1.807) is 0 Å². The van der Waals surface area contributed by atoms with Gasteiger partial charge in [0.1, 0.15) is 16.7 Å². The van der Waals surface area contributed by atoms with Crippen molar-refractivity contribution in [2.75, 3.05) is 7.11 Å². The van der Waals surface area contributed by atoms with Gasteiger partial charge in [0.05, 0.1) is 7.11 Å². The number of nitrogens with one attached hydrogen (secondary N) is 2. The molecule has 1 amide bonds. The van der Waals surface area contributed by atoms with E-state index in [9.17, 15) is 13.2 Å². The highest BCUT2D eigenvalue weighted by Crippen LogP contribution is 2.27. The monoisotopic (exact) mass is 424 g/mol. The molecule has 0 unspecified atom stereocenters. The van der Waals surface area contributed by atoms with Crippen LogP contribution in [-0.2, 0) is 21.2 Å². The van der Waals surface area contributed by atoms with Crippen LogP contribution in [0.25, 0.3) is 0 Å². The van der Waals surface area contributed by atoms with Crippen LogP contribution in [-0.4, -0.2) is 33.5 Å². The van der Waals surface area contributed by atoms with Crippen LogP contribution in [0.1, 0.15) is 25.8 Å². The molecule has 0 heterocycles. The number of amides is 1. The molecule has 28 heavy (non-hydrogen) atoms. The molecule has 0 radical (unpaired) electrons. The average molecular weight is 425 g/mol. The highest BCUT2D eigenvalue weighted by Gasteiger charge is 2.29. The van der Waals surface area contributed by atoms with Gasteiger partial charge in [-0.05, 0) is 43.5 Å². The predicted molar refractivity (Wildman–Crippen MR) is 110 cm³/mol. The fraction of sp³-hybridized carbons (Fsp3) is 0.350. The minimum atomic E-state index is -4.05. The molecule has 0 spiro atoms. The first kappa shape index (κ1) is 22.2. The lowest BCUT2D eigenvalue weighted by molar-refractivity contribution is -0.123. The Bertz CT molecular complexity index is 904. The summed E-state index contributed by atoms with van der Waals surface area (Å²) in [5, 5.41) is 3.10. The van der Waals surface area contributed by atoms with Crippen molar-refractivity contribution in [3.63, 3.8) is 0 Å². The van der Waals surface area contributed by atoms with Crippen molar-refractivity contribution in [2.24, 2.45) is 0 Å². The van der Waals surface area contributed by atoms with Gasteiger partial charge < -0.3 is 10.1 Å². The van der Waals surface area contributed by atoms with Gasteiger partial charge >= 0.3 is 0 Å². The zero-order valence-corrected chi connectivity index (χ0v) is 17.7. The van der Waals surface area contributed by atoms with Gasteiger partial charge in [-0.3, -0.25) is 4.79 Å². The van der Waals surface area contributed by atoms with Crippen LogP contribution >= 0.6 is 11.6 Å². The molecule has 0 aromatic heterocycles. The Balaban J connectivity index is 2.35. The Morgan fingerprint density at radius 3 is 2.46 bits per heavy atom. The first-order valence-corrected chi connectivity index (χ1v) is 10.8. The first-order chi connectivity index (χ1) is 13.3. The number of methoxy groups -OCH3 is 1. The summed E-state index contributed by atoms with van der Waals surface area (Å²) in [7, 11) is -2.68. The van der Waals surface area contributed by atoms with Gasteiger partial charge in [0.25, 0.3) is 0 Å². The smallest absolute Gasteiger partial charge is 0.245 e. The second-order valence-corrected chi connectivity index (χ2v) is 8.60. The summed E-state index contributed by atoms with van der Waals surface area (Å²) in [6, 6.07) is 12.5. The predicted octanol–water partition coefficient (Wildman–Crippen LogP) is 3.15. The molecular weight excluding hydrogens is 400 g/mol. The molecule has 2 N–H and O–H groups in total. The lowest BCUT2D eigenvalue weighted by atomic mass is 10.1. The lowest BCUT2D eigenvalue weighted by Gasteiger charge is -2.21. The summed E-state index contributed by atoms with van der Waals surface area (Å²) < 4.78 is 33.7. The Morgan fingerprint density at radius 2 is 1.86 bits per heavy atom. The van der Waals surface area contributed by atoms with Crippen LogP contribution < -0.4 is 14.8 Å². The van der Waals surface area contributed by atoms with Gasteiger partial charge in [-0.25, -0.2) is 8.42 Å². The normalized spacial score (nSPS) is 13.6. The molecular formula is C20H25ClN2O4S. The zero-order chi connectivity index (χ0) is 20.7. The molecule has 152 valence electrons. The number of sulfonamides is 1. The summed E-state index contributed by atoms with van der Waals surface area (Å²) in [5.74, 6) is -0.236. The van der Waals surface area contributed by atoms with E-state index in [1.807, 2.05) is 44.2 Å². The van der Waals surface area contributed by atoms with Crippen LogP contribution in [0.2, 0.25) is 5.02 Å². The molecule has 2 aromatic carbocycles. The molecule has 8 heteroatoms. The molecule has 0 bridgehead atoms. The van der Waals surface area contributed by atoms with Crippen LogP contribution in [0.15, 0.2) is 53.4 Å². The van der Waals surface area contributed by atoms with Crippen molar-refractivity contribution in [2.45, 2.75) is 43.7 Å². The third-order valence-electron chi connectivity index (χ3n) is 4.31. The summed E-state index contributed by atoms with van der Waals surface area (Å²) in [6.45, 7) is 3.81. The van der Waals surface area contributed by atoms with Crippen molar-refractivity contribution < 1.29 is 17.9 Å². The van der Waals surface area contributed by atoms with Crippen LogP contribution in [0.5, 0.6) is 5.75 Å². The number of ether oxygens (including phenoxy) is 1. The van der Waals surface area contributed by atoms with E-state index in [2.05, 4.69) is 10.0 Å². The Kier molecular flexibility index (Phi) is 7.86. The molecule has 0 aliphatic rings. The molecule has 0 aliphatic carbocycles. The Morgan fingerprint density at radius 1 is 1.18 bits per heavy atom. The standard InChI is InChI=1S/C20H25ClN2O4S/c1-4-14(2)22-20(24)17(12-15-8-6-5-7-9-15)23-28(25,26)19-13-16(21)10-11-18(19)27-3/h5-11,13-14,17,23H,4,12H2,1-3H3,(H,22,24)/t14-,17+/m0/s1. The Labute approximate surface area is 171 Å². The lowest BCUT2D eigenvalue weighted by Crippen LogP contribution is -2.50. The van der Waals surface area contributed by atoms with E-state index in [-0.39, 0.29) is 34.0 Å². The second kappa shape index (κ2) is 9.91. The number of carbonyl (C=O) groups is 1. The summed E-state index contributed by atoms with van der Waals surface area (Å²) >= 11 is 5.97. The number of hydrogen-bond donors (Lipinski definition) is 2. The van der Waals surface area contributed by atoms with Crippen molar-refractivity contribution in [1.29, 1.82) is 0 Å². The third-order valence-corrected chi connectivity index (χ3v) is 6.04. The Hall–Kier alpha value is -2.09. The minimum Gasteiger partial charge on any atom is -0.495 e. The molecule has 0 aliphatic heterocycles. The van der Waals surface area contributed by atoms with E-state index in [0.29, 0.717) is 0 Å². The van der Waals surface area contributed by atoms with Crippen molar-refractivity contribution in [1.82, 2.24) is 10.0 Å². The highest BCUT2D eigenvalue weighted by molar-refractivity contribution is 7.89. The van der Waals surface area contributed by atoms with Crippen LogP contribution in [0, 0.1) is 0 Å². The van der Waals surface area contributed by atoms with Gasteiger partial charge in [-0.2, -0.15) is 4.72 Å². The molecule has 6 nitrogen and oxygen atoms in total. The maximum absolute atomic E-state index is 13.0. The number of benzene rings is 2. The highest BCUT2D eigenvalue weighted by atomic mass is 35.5. The van der Waals surface area contributed by atoms with Gasteiger partial charge in [0.15, 0.2) is 0 Å². The van der Waals surface area contributed by atoms with E-state index in [1.165, 1.54) is 25.3 Å². The fourth-order valence-electron chi connectivity index (χ4n) is 2.59. The SMILES string of the molecule is CC[C@H](C)NC(=O)[C@@H](Cc1ccccc1)NS(=O)(=O)c1cc(Cl)ccc1OC. The van der Waals surface area contributed by atoms with Crippen LogP contribution in [0.4, 0.5) is 0 Å². The number of carbonyl (C=O) groups excluding carboxylic acids is 1. The first-order valence-electron chi connectivity index (χ1n) is 8.97. The van der Waals surface area contributed by atoms with Gasteiger partial charge in [-0.1, -0.05) is 48.9 Å². The average Bonchev–Trinajstić information content (AvgIpc) is 2.68. The van der Waals surface area contributed by atoms with Gasteiger partial charge in [0.2, 0.25) is 15.9 Å².